The first kappa shape index (κ1) is 10.7. The summed E-state index contributed by atoms with van der Waals surface area (Å²) in [4.78, 5) is 3.63. The maximum atomic E-state index is 11.1. The molecule has 0 fully saturated rings. The Bertz CT molecular complexity index is 429. The van der Waals surface area contributed by atoms with Crippen molar-refractivity contribution in [3.8, 4) is 11.6 Å². The van der Waals surface area contributed by atoms with Crippen molar-refractivity contribution in [1.82, 2.24) is 4.98 Å². The third-order valence-electron chi connectivity index (χ3n) is 1.54. The van der Waals surface area contributed by atoms with E-state index in [0.29, 0.717) is 0 Å². The summed E-state index contributed by atoms with van der Waals surface area (Å²) in [6.45, 7) is 0. The second-order valence-electron chi connectivity index (χ2n) is 2.40. The lowest BCUT2D eigenvalue weighted by atomic mass is 10.4. The summed E-state index contributed by atoms with van der Waals surface area (Å²) in [5.41, 5.74) is 0. The predicted octanol–water partition coefficient (Wildman–Crippen LogP) is -0.254. The Balaban J connectivity index is 3.45. The van der Waals surface area contributed by atoms with Crippen LogP contribution in [0.3, 0.4) is 0 Å². The zero-order chi connectivity index (χ0) is 10.8. The molecule has 0 saturated heterocycles. The first-order chi connectivity index (χ1) is 6.50. The van der Waals surface area contributed by atoms with Gasteiger partial charge in [0.05, 0.1) is 14.2 Å². The molecule has 14 heavy (non-hydrogen) atoms. The molecule has 0 saturated carbocycles. The number of nitrogens with zero attached hydrogens (tertiary/aromatic N) is 1. The van der Waals surface area contributed by atoms with Crippen LogP contribution in [0, 0.1) is 0 Å². The van der Waals surface area contributed by atoms with Gasteiger partial charge in [0.25, 0.3) is 5.88 Å². The number of ether oxygens (including phenoxy) is 2. The van der Waals surface area contributed by atoms with Crippen LogP contribution >= 0.6 is 0 Å². The average molecular weight is 218 g/mol. The summed E-state index contributed by atoms with van der Waals surface area (Å²) in [5.74, 6) is 0.0940. The van der Waals surface area contributed by atoms with E-state index in [-0.39, 0.29) is 16.5 Å². The van der Waals surface area contributed by atoms with Gasteiger partial charge in [0.2, 0.25) is 15.8 Å². The van der Waals surface area contributed by atoms with Gasteiger partial charge in [-0.15, -0.1) is 0 Å². The van der Waals surface area contributed by atoms with Crippen molar-refractivity contribution in [3.05, 3.63) is 12.3 Å². The van der Waals surface area contributed by atoms with E-state index in [0.717, 1.165) is 0 Å². The van der Waals surface area contributed by atoms with Crippen LogP contribution < -0.4 is 14.6 Å². The fraction of sp³-hybridized carbons (Fsp3) is 0.286. The number of hydrogen-bond donors (Lipinski definition) is 1. The van der Waals surface area contributed by atoms with Crippen LogP contribution in [0.25, 0.3) is 0 Å². The number of aromatic nitrogens is 1. The molecule has 0 atom stereocenters. The van der Waals surface area contributed by atoms with Gasteiger partial charge in [0, 0.05) is 6.20 Å². The molecule has 0 aliphatic heterocycles. The molecule has 7 heteroatoms. The van der Waals surface area contributed by atoms with Gasteiger partial charge >= 0.3 is 0 Å². The van der Waals surface area contributed by atoms with Gasteiger partial charge in [-0.25, -0.2) is 18.5 Å². The first-order valence-corrected chi connectivity index (χ1v) is 5.15. The largest absolute Gasteiger partial charge is 0.490 e. The van der Waals surface area contributed by atoms with E-state index >= 15 is 0 Å². The summed E-state index contributed by atoms with van der Waals surface area (Å²) in [5, 5.41) is 4.97. The Kier molecular flexibility index (Phi) is 2.92. The normalized spacial score (nSPS) is 11.1. The molecule has 1 aromatic heterocycles. The number of rotatable bonds is 3. The lowest BCUT2D eigenvalue weighted by molar-refractivity contribution is 0.335. The van der Waals surface area contributed by atoms with Crippen molar-refractivity contribution in [2.24, 2.45) is 5.14 Å². The number of methoxy groups -OCH3 is 2. The third kappa shape index (κ3) is 1.94. The minimum absolute atomic E-state index is 0.0116. The minimum Gasteiger partial charge on any atom is -0.490 e. The lowest BCUT2D eigenvalue weighted by Crippen LogP contribution is -2.14. The summed E-state index contributed by atoms with van der Waals surface area (Å²) in [6.07, 6.45) is 1.28. The maximum absolute atomic E-state index is 11.1. The predicted molar refractivity (Wildman–Crippen MR) is 48.7 cm³/mol. The van der Waals surface area contributed by atoms with Crippen molar-refractivity contribution < 1.29 is 17.9 Å². The molecule has 6 nitrogen and oxygen atoms in total. The minimum atomic E-state index is -3.82. The molecule has 0 amide bonds. The molecule has 0 aliphatic carbocycles. The van der Waals surface area contributed by atoms with Crippen molar-refractivity contribution in [2.75, 3.05) is 14.2 Å². The van der Waals surface area contributed by atoms with E-state index in [1.54, 1.807) is 0 Å². The average Bonchev–Trinajstić information content (AvgIpc) is 2.15. The monoisotopic (exact) mass is 218 g/mol. The van der Waals surface area contributed by atoms with E-state index in [2.05, 4.69) is 4.98 Å². The standard InChI is InChI=1S/C7H10N2O4S/c1-12-6-5(14(8,10)11)3-4-9-7(6)13-2/h3-4H,1-2H3,(H2,8,10,11). The highest BCUT2D eigenvalue weighted by Crippen LogP contribution is 2.30. The Hall–Kier alpha value is -1.34. The zero-order valence-electron chi connectivity index (χ0n) is 7.72. The van der Waals surface area contributed by atoms with Crippen molar-refractivity contribution >= 4 is 10.0 Å². The molecule has 0 aromatic carbocycles. The van der Waals surface area contributed by atoms with E-state index < -0.39 is 10.0 Å². The summed E-state index contributed by atoms with van der Waals surface area (Å²) < 4.78 is 31.9. The van der Waals surface area contributed by atoms with E-state index in [4.69, 9.17) is 14.6 Å². The van der Waals surface area contributed by atoms with E-state index in [1.807, 2.05) is 0 Å². The highest BCUT2D eigenvalue weighted by Gasteiger charge is 2.19. The van der Waals surface area contributed by atoms with Crippen LogP contribution in [0.5, 0.6) is 11.6 Å². The molecule has 0 spiro atoms. The summed E-state index contributed by atoms with van der Waals surface area (Å²) in [7, 11) is -1.15. The Morgan fingerprint density at radius 2 is 2.00 bits per heavy atom. The fourth-order valence-corrected chi connectivity index (χ4v) is 1.65. The van der Waals surface area contributed by atoms with Crippen LogP contribution in [0.1, 0.15) is 0 Å². The summed E-state index contributed by atoms with van der Waals surface area (Å²) in [6, 6.07) is 1.25. The SMILES string of the molecule is COc1nccc(S(N)(=O)=O)c1OC. The first-order valence-electron chi connectivity index (χ1n) is 3.60. The molecule has 1 heterocycles. The van der Waals surface area contributed by atoms with Gasteiger partial charge in [-0.3, -0.25) is 0 Å². The zero-order valence-corrected chi connectivity index (χ0v) is 8.54. The molecular formula is C7H10N2O4S. The number of primary sulfonamides is 1. The molecule has 0 radical (unpaired) electrons. The summed E-state index contributed by atoms with van der Waals surface area (Å²) >= 11 is 0. The molecule has 2 N–H and O–H groups in total. The lowest BCUT2D eigenvalue weighted by Gasteiger charge is -2.09. The van der Waals surface area contributed by atoms with Crippen LogP contribution in [0.2, 0.25) is 0 Å². The quantitative estimate of drug-likeness (QED) is 0.755. The Morgan fingerprint density at radius 1 is 1.36 bits per heavy atom. The smallest absolute Gasteiger partial charge is 0.258 e. The van der Waals surface area contributed by atoms with Gasteiger partial charge in [-0.1, -0.05) is 0 Å². The number of pyridine rings is 1. The fourth-order valence-electron chi connectivity index (χ4n) is 0.970. The Labute approximate surface area is 81.7 Å². The topological polar surface area (TPSA) is 91.5 Å². The molecule has 78 valence electrons. The number of nitrogens with two attached hydrogens (primary N) is 1. The third-order valence-corrected chi connectivity index (χ3v) is 2.47. The second-order valence-corrected chi connectivity index (χ2v) is 3.93. The Morgan fingerprint density at radius 3 is 2.43 bits per heavy atom. The van der Waals surface area contributed by atoms with Crippen LogP contribution in [0.15, 0.2) is 17.2 Å². The highest BCUT2D eigenvalue weighted by atomic mass is 32.2. The van der Waals surface area contributed by atoms with Gasteiger partial charge in [-0.05, 0) is 6.07 Å². The van der Waals surface area contributed by atoms with E-state index in [1.165, 1.54) is 26.5 Å². The van der Waals surface area contributed by atoms with Crippen LogP contribution in [-0.2, 0) is 10.0 Å². The van der Waals surface area contributed by atoms with Crippen molar-refractivity contribution in [1.29, 1.82) is 0 Å². The van der Waals surface area contributed by atoms with Crippen molar-refractivity contribution in [3.63, 3.8) is 0 Å². The molecule has 1 rings (SSSR count). The molecule has 1 aromatic rings. The number of hydrogen-bond acceptors (Lipinski definition) is 5. The second kappa shape index (κ2) is 3.81. The van der Waals surface area contributed by atoms with Gasteiger partial charge in [0.15, 0.2) is 0 Å². The van der Waals surface area contributed by atoms with Gasteiger partial charge in [0.1, 0.15) is 4.90 Å². The van der Waals surface area contributed by atoms with Gasteiger partial charge in [-0.2, -0.15) is 0 Å². The van der Waals surface area contributed by atoms with Crippen LogP contribution in [0.4, 0.5) is 0 Å². The molecule has 0 bridgehead atoms. The van der Waals surface area contributed by atoms with Crippen LogP contribution in [-0.4, -0.2) is 27.6 Å². The van der Waals surface area contributed by atoms with Crippen molar-refractivity contribution in [2.45, 2.75) is 4.90 Å². The highest BCUT2D eigenvalue weighted by molar-refractivity contribution is 7.89. The molecular weight excluding hydrogens is 208 g/mol. The van der Waals surface area contributed by atoms with E-state index in [9.17, 15) is 8.42 Å². The van der Waals surface area contributed by atoms with Gasteiger partial charge < -0.3 is 9.47 Å². The number of sulfonamides is 1. The maximum Gasteiger partial charge on any atom is 0.258 e. The molecule has 0 aliphatic rings. The molecule has 0 unspecified atom stereocenters.